The molecule has 0 fully saturated rings. The van der Waals surface area contributed by atoms with Gasteiger partial charge in [-0.05, 0) is 24.6 Å². The van der Waals surface area contributed by atoms with E-state index >= 15 is 0 Å². The first-order chi connectivity index (χ1) is 8.15. The van der Waals surface area contributed by atoms with E-state index in [-0.39, 0.29) is 0 Å². The molecule has 0 radical (unpaired) electrons. The van der Waals surface area contributed by atoms with Gasteiger partial charge in [-0.1, -0.05) is 26.0 Å². The number of rotatable bonds is 4. The lowest BCUT2D eigenvalue weighted by Gasteiger charge is -2.04. The van der Waals surface area contributed by atoms with Gasteiger partial charge in [0.05, 0.1) is 17.6 Å². The lowest BCUT2D eigenvalue weighted by Crippen LogP contribution is -2.22. The Hall–Kier alpha value is -1.68. The fourth-order valence-corrected chi connectivity index (χ4v) is 1.56. The maximum Gasteiger partial charge on any atom is 0.0969 e. The molecule has 0 aliphatic carbocycles. The summed E-state index contributed by atoms with van der Waals surface area (Å²) >= 11 is 0. The molecule has 0 saturated carbocycles. The largest absolute Gasteiger partial charge is 0.309 e. The highest BCUT2D eigenvalue weighted by Gasteiger charge is 2.03. The molecule has 0 atom stereocenters. The Morgan fingerprint density at radius 2 is 2.18 bits per heavy atom. The molecule has 90 valence electrons. The summed E-state index contributed by atoms with van der Waals surface area (Å²) < 4.78 is 0. The standard InChI is InChI=1S/C13H18N4/c1-10(2)14-8-12-9-15-17(16-12)13-6-4-5-11(3)7-13/h4-7,9-10,14H,8H2,1-3H3. The van der Waals surface area contributed by atoms with Gasteiger partial charge in [0, 0.05) is 12.6 Å². The minimum absolute atomic E-state index is 0.458. The van der Waals surface area contributed by atoms with Gasteiger partial charge in [0.2, 0.25) is 0 Å². The summed E-state index contributed by atoms with van der Waals surface area (Å²) in [6.45, 7) is 7.05. The van der Waals surface area contributed by atoms with E-state index in [1.807, 2.05) is 12.1 Å². The predicted octanol–water partition coefficient (Wildman–Crippen LogP) is 2.07. The van der Waals surface area contributed by atoms with E-state index in [2.05, 4.69) is 48.4 Å². The normalized spacial score (nSPS) is 11.1. The molecule has 1 aromatic heterocycles. The molecule has 17 heavy (non-hydrogen) atoms. The van der Waals surface area contributed by atoms with Gasteiger partial charge in [-0.15, -0.1) is 0 Å². The van der Waals surface area contributed by atoms with E-state index in [4.69, 9.17) is 0 Å². The Morgan fingerprint density at radius 3 is 2.88 bits per heavy atom. The third-order valence-corrected chi connectivity index (χ3v) is 2.46. The number of nitrogens with one attached hydrogen (secondary N) is 1. The monoisotopic (exact) mass is 230 g/mol. The summed E-state index contributed by atoms with van der Waals surface area (Å²) in [6.07, 6.45) is 1.80. The molecule has 4 nitrogen and oxygen atoms in total. The molecule has 1 N–H and O–H groups in total. The van der Waals surface area contributed by atoms with Gasteiger partial charge in [0.1, 0.15) is 0 Å². The molecular formula is C13H18N4. The van der Waals surface area contributed by atoms with Crippen molar-refractivity contribution in [1.29, 1.82) is 0 Å². The number of hydrogen-bond donors (Lipinski definition) is 1. The summed E-state index contributed by atoms with van der Waals surface area (Å²) in [5, 5.41) is 12.0. The molecular weight excluding hydrogens is 212 g/mol. The van der Waals surface area contributed by atoms with Gasteiger partial charge in [-0.2, -0.15) is 15.0 Å². The zero-order valence-electron chi connectivity index (χ0n) is 10.5. The fourth-order valence-electron chi connectivity index (χ4n) is 1.56. The van der Waals surface area contributed by atoms with Crippen LogP contribution >= 0.6 is 0 Å². The van der Waals surface area contributed by atoms with Crippen LogP contribution in [-0.4, -0.2) is 21.0 Å². The van der Waals surface area contributed by atoms with E-state index in [0.717, 1.165) is 17.9 Å². The van der Waals surface area contributed by atoms with Crippen molar-refractivity contribution in [2.75, 3.05) is 0 Å². The van der Waals surface area contributed by atoms with Crippen molar-refractivity contribution in [2.45, 2.75) is 33.4 Å². The maximum atomic E-state index is 4.44. The van der Waals surface area contributed by atoms with Crippen molar-refractivity contribution in [3.05, 3.63) is 41.7 Å². The van der Waals surface area contributed by atoms with Gasteiger partial charge >= 0.3 is 0 Å². The summed E-state index contributed by atoms with van der Waals surface area (Å²) in [4.78, 5) is 1.67. The first-order valence-electron chi connectivity index (χ1n) is 5.87. The molecule has 1 aromatic carbocycles. The Bertz CT molecular complexity index is 488. The summed E-state index contributed by atoms with van der Waals surface area (Å²) in [6, 6.07) is 8.61. The highest BCUT2D eigenvalue weighted by molar-refractivity contribution is 5.33. The van der Waals surface area contributed by atoms with E-state index in [9.17, 15) is 0 Å². The second-order valence-corrected chi connectivity index (χ2v) is 4.50. The lowest BCUT2D eigenvalue weighted by molar-refractivity contribution is 0.577. The molecule has 1 heterocycles. The Morgan fingerprint density at radius 1 is 1.35 bits per heavy atom. The van der Waals surface area contributed by atoms with E-state index in [0.29, 0.717) is 6.04 Å². The van der Waals surface area contributed by atoms with Crippen molar-refractivity contribution in [2.24, 2.45) is 0 Å². The van der Waals surface area contributed by atoms with Crippen LogP contribution in [0.5, 0.6) is 0 Å². The quantitative estimate of drug-likeness (QED) is 0.874. The van der Waals surface area contributed by atoms with Crippen LogP contribution < -0.4 is 5.32 Å². The average molecular weight is 230 g/mol. The Balaban J connectivity index is 2.12. The topological polar surface area (TPSA) is 42.7 Å². The zero-order valence-corrected chi connectivity index (χ0v) is 10.5. The summed E-state index contributed by atoms with van der Waals surface area (Å²) in [7, 11) is 0. The van der Waals surface area contributed by atoms with E-state index in [1.165, 1.54) is 5.56 Å². The van der Waals surface area contributed by atoms with Crippen LogP contribution in [0.3, 0.4) is 0 Å². The van der Waals surface area contributed by atoms with Gasteiger partial charge in [-0.25, -0.2) is 0 Å². The van der Waals surface area contributed by atoms with Crippen LogP contribution in [-0.2, 0) is 6.54 Å². The molecule has 2 rings (SSSR count). The Labute approximate surface area is 102 Å². The minimum atomic E-state index is 0.458. The molecule has 4 heteroatoms. The van der Waals surface area contributed by atoms with Gasteiger partial charge < -0.3 is 5.32 Å². The molecule has 2 aromatic rings. The number of hydrogen-bond acceptors (Lipinski definition) is 3. The molecule has 0 aliphatic heterocycles. The van der Waals surface area contributed by atoms with Crippen molar-refractivity contribution >= 4 is 0 Å². The maximum absolute atomic E-state index is 4.44. The summed E-state index contributed by atoms with van der Waals surface area (Å²) in [5.74, 6) is 0. The molecule has 0 amide bonds. The SMILES string of the molecule is Cc1cccc(-n2ncc(CNC(C)C)n2)c1. The van der Waals surface area contributed by atoms with Crippen LogP contribution in [0.15, 0.2) is 30.5 Å². The second kappa shape index (κ2) is 5.10. The molecule has 0 unspecified atom stereocenters. The van der Waals surface area contributed by atoms with Crippen LogP contribution in [0.4, 0.5) is 0 Å². The van der Waals surface area contributed by atoms with Gasteiger partial charge in [0.15, 0.2) is 0 Å². The molecule has 0 bridgehead atoms. The van der Waals surface area contributed by atoms with E-state index < -0.39 is 0 Å². The fraction of sp³-hybridized carbons (Fsp3) is 0.385. The average Bonchev–Trinajstić information content (AvgIpc) is 2.75. The lowest BCUT2D eigenvalue weighted by atomic mass is 10.2. The predicted molar refractivity (Wildman–Crippen MR) is 68.1 cm³/mol. The minimum Gasteiger partial charge on any atom is -0.309 e. The second-order valence-electron chi connectivity index (χ2n) is 4.50. The summed E-state index contributed by atoms with van der Waals surface area (Å²) in [5.41, 5.74) is 3.17. The molecule has 0 saturated heterocycles. The molecule has 0 spiro atoms. The van der Waals surface area contributed by atoms with Crippen molar-refractivity contribution in [1.82, 2.24) is 20.3 Å². The highest BCUT2D eigenvalue weighted by Crippen LogP contribution is 2.07. The van der Waals surface area contributed by atoms with Crippen molar-refractivity contribution in [3.8, 4) is 5.69 Å². The van der Waals surface area contributed by atoms with E-state index in [1.54, 1.807) is 11.0 Å². The first-order valence-corrected chi connectivity index (χ1v) is 5.87. The third kappa shape index (κ3) is 3.14. The Kier molecular flexibility index (Phi) is 3.54. The van der Waals surface area contributed by atoms with Crippen molar-refractivity contribution in [3.63, 3.8) is 0 Å². The zero-order chi connectivity index (χ0) is 12.3. The number of benzene rings is 1. The highest BCUT2D eigenvalue weighted by atomic mass is 15.5. The number of aryl methyl sites for hydroxylation is 1. The molecule has 0 aliphatic rings. The van der Waals surface area contributed by atoms with Gasteiger partial charge in [0.25, 0.3) is 0 Å². The van der Waals surface area contributed by atoms with Crippen molar-refractivity contribution < 1.29 is 0 Å². The van der Waals surface area contributed by atoms with Crippen LogP contribution in [0.25, 0.3) is 5.69 Å². The van der Waals surface area contributed by atoms with Crippen LogP contribution in [0.1, 0.15) is 25.1 Å². The van der Waals surface area contributed by atoms with Crippen LogP contribution in [0, 0.1) is 6.92 Å². The first kappa shape index (κ1) is 11.8. The smallest absolute Gasteiger partial charge is 0.0969 e. The number of aromatic nitrogens is 3. The number of nitrogens with zero attached hydrogens (tertiary/aromatic N) is 3. The third-order valence-electron chi connectivity index (χ3n) is 2.46. The van der Waals surface area contributed by atoms with Crippen LogP contribution in [0.2, 0.25) is 0 Å². The van der Waals surface area contributed by atoms with Gasteiger partial charge in [-0.3, -0.25) is 0 Å².